The molecule has 0 aromatic heterocycles. The second kappa shape index (κ2) is 7.25. The third-order valence-corrected chi connectivity index (χ3v) is 5.51. The van der Waals surface area contributed by atoms with Gasteiger partial charge in [-0.05, 0) is 72.6 Å². The number of methoxy groups -OCH3 is 1. The Morgan fingerprint density at radius 3 is 2.54 bits per heavy atom. The first-order chi connectivity index (χ1) is 12.8. The molecule has 2 aromatic carbocycles. The number of rotatable bonds is 3. The average molecular weight is 344 g/mol. The molecular weight excluding hydrogens is 320 g/mol. The highest BCUT2D eigenvalue weighted by molar-refractivity contribution is 5.84. The molecule has 0 bridgehead atoms. The molecule has 2 aliphatic rings. The topological polar surface area (TPSA) is 36.3 Å². The molecule has 3 nitrogen and oxygen atoms in total. The van der Waals surface area contributed by atoms with E-state index in [1.807, 2.05) is 12.1 Å². The number of benzene rings is 2. The number of fused-ring (bicyclic) bond motifs is 1. The van der Waals surface area contributed by atoms with Crippen LogP contribution in [0.2, 0.25) is 0 Å². The second-order valence-electron chi connectivity index (χ2n) is 7.04. The molecule has 26 heavy (non-hydrogen) atoms. The first-order valence-electron chi connectivity index (χ1n) is 9.47. The first kappa shape index (κ1) is 16.7. The monoisotopic (exact) mass is 344 g/mol. The summed E-state index contributed by atoms with van der Waals surface area (Å²) in [6.07, 6.45) is 10.1. The van der Waals surface area contributed by atoms with Crippen LogP contribution in [0.1, 0.15) is 42.4 Å². The zero-order valence-corrected chi connectivity index (χ0v) is 15.3. The van der Waals surface area contributed by atoms with Gasteiger partial charge in [0.15, 0.2) is 0 Å². The fourth-order valence-corrected chi connectivity index (χ4v) is 4.14. The van der Waals surface area contributed by atoms with E-state index >= 15 is 0 Å². The van der Waals surface area contributed by atoms with Gasteiger partial charge in [0.2, 0.25) is 0 Å². The molecule has 1 heterocycles. The highest BCUT2D eigenvalue weighted by Gasteiger charge is 2.23. The lowest BCUT2D eigenvalue weighted by atomic mass is 9.85. The molecule has 0 radical (unpaired) electrons. The van der Waals surface area contributed by atoms with Crippen molar-refractivity contribution in [1.82, 2.24) is 0 Å². The van der Waals surface area contributed by atoms with E-state index in [0.717, 1.165) is 48.5 Å². The van der Waals surface area contributed by atoms with Gasteiger partial charge in [0.25, 0.3) is 0 Å². The molecule has 0 unspecified atom stereocenters. The van der Waals surface area contributed by atoms with Crippen molar-refractivity contribution in [3.05, 3.63) is 53.1 Å². The minimum absolute atomic E-state index is 0.843. The van der Waals surface area contributed by atoms with Crippen LogP contribution < -0.4 is 9.64 Å². The van der Waals surface area contributed by atoms with Crippen LogP contribution in [0.15, 0.2) is 36.4 Å². The summed E-state index contributed by atoms with van der Waals surface area (Å²) in [6.45, 7) is 2.08. The van der Waals surface area contributed by atoms with Gasteiger partial charge in [-0.2, -0.15) is 5.26 Å². The summed E-state index contributed by atoms with van der Waals surface area (Å²) in [4.78, 5) is 2.40. The number of ether oxygens (including phenoxy) is 1. The lowest BCUT2D eigenvalue weighted by Crippen LogP contribution is -2.30. The number of nitriles is 1. The molecule has 0 N–H and O–H groups in total. The van der Waals surface area contributed by atoms with Crippen LogP contribution in [0.3, 0.4) is 0 Å². The van der Waals surface area contributed by atoms with Gasteiger partial charge >= 0.3 is 0 Å². The molecule has 0 saturated carbocycles. The number of hydrogen-bond acceptors (Lipinski definition) is 3. The molecule has 0 atom stereocenters. The van der Waals surface area contributed by atoms with Gasteiger partial charge in [0.05, 0.1) is 18.4 Å². The number of piperidine rings is 1. The van der Waals surface area contributed by atoms with E-state index in [1.165, 1.54) is 36.0 Å². The Bertz CT molecular complexity index is 869. The van der Waals surface area contributed by atoms with E-state index in [2.05, 4.69) is 41.3 Å². The Hall–Kier alpha value is -2.73. The largest absolute Gasteiger partial charge is 0.497 e. The minimum Gasteiger partial charge on any atom is -0.497 e. The van der Waals surface area contributed by atoms with E-state index in [9.17, 15) is 5.26 Å². The van der Waals surface area contributed by atoms with Crippen molar-refractivity contribution < 1.29 is 4.74 Å². The fraction of sp³-hybridized carbons (Fsp3) is 0.348. The van der Waals surface area contributed by atoms with E-state index in [0.29, 0.717) is 0 Å². The van der Waals surface area contributed by atoms with Gasteiger partial charge in [0, 0.05) is 13.1 Å². The maximum Gasteiger partial charge on any atom is 0.118 e. The maximum absolute atomic E-state index is 9.91. The molecule has 1 aliphatic carbocycles. The molecule has 3 heteroatoms. The molecule has 1 saturated heterocycles. The van der Waals surface area contributed by atoms with Gasteiger partial charge in [-0.25, -0.2) is 0 Å². The molecule has 0 amide bonds. The average Bonchev–Trinajstić information content (AvgIpc) is 2.73. The van der Waals surface area contributed by atoms with Crippen molar-refractivity contribution in [1.29, 1.82) is 5.26 Å². The van der Waals surface area contributed by atoms with Crippen molar-refractivity contribution >= 4 is 11.8 Å². The van der Waals surface area contributed by atoms with Crippen LogP contribution in [-0.4, -0.2) is 20.2 Å². The molecule has 1 aliphatic heterocycles. The first-order valence-corrected chi connectivity index (χ1v) is 9.47. The third-order valence-electron chi connectivity index (χ3n) is 5.51. The molecule has 132 valence electrons. The smallest absolute Gasteiger partial charge is 0.118 e. The zero-order valence-electron chi connectivity index (χ0n) is 15.3. The Kier molecular flexibility index (Phi) is 4.67. The second-order valence-corrected chi connectivity index (χ2v) is 7.04. The summed E-state index contributed by atoms with van der Waals surface area (Å²) in [6, 6.07) is 13.0. The lowest BCUT2D eigenvalue weighted by Gasteiger charge is -2.32. The molecule has 0 spiro atoms. The molecule has 2 aromatic rings. The SMILES string of the molecule is COc1ccc(-c2cc(N3CCCCC3)c(C#N)c3c2CCC=C3)cc1. The van der Waals surface area contributed by atoms with Crippen LogP contribution in [0.25, 0.3) is 17.2 Å². The number of anilines is 1. The van der Waals surface area contributed by atoms with Gasteiger partial charge < -0.3 is 9.64 Å². The van der Waals surface area contributed by atoms with Crippen LogP contribution in [0.4, 0.5) is 5.69 Å². The summed E-state index contributed by atoms with van der Waals surface area (Å²) >= 11 is 0. The Labute approximate surface area is 155 Å². The highest BCUT2D eigenvalue weighted by Crippen LogP contribution is 2.39. The Morgan fingerprint density at radius 2 is 1.85 bits per heavy atom. The van der Waals surface area contributed by atoms with Crippen molar-refractivity contribution in [3.63, 3.8) is 0 Å². The quantitative estimate of drug-likeness (QED) is 0.769. The van der Waals surface area contributed by atoms with Crippen LogP contribution in [0, 0.1) is 11.3 Å². The van der Waals surface area contributed by atoms with E-state index in [1.54, 1.807) is 7.11 Å². The summed E-state index contributed by atoms with van der Waals surface area (Å²) in [5, 5.41) is 9.91. The number of nitrogens with zero attached hydrogens (tertiary/aromatic N) is 2. The molecular formula is C23H24N2O. The highest BCUT2D eigenvalue weighted by atomic mass is 16.5. The van der Waals surface area contributed by atoms with Gasteiger partial charge in [0.1, 0.15) is 11.8 Å². The zero-order chi connectivity index (χ0) is 17.9. The van der Waals surface area contributed by atoms with Crippen molar-refractivity contribution in [2.45, 2.75) is 32.1 Å². The molecule has 1 fully saturated rings. The van der Waals surface area contributed by atoms with Gasteiger partial charge in [-0.3, -0.25) is 0 Å². The summed E-state index contributed by atoms with van der Waals surface area (Å²) in [5.74, 6) is 0.868. The fourth-order valence-electron chi connectivity index (χ4n) is 4.14. The predicted molar refractivity (Wildman–Crippen MR) is 107 cm³/mol. The summed E-state index contributed by atoms with van der Waals surface area (Å²) in [7, 11) is 1.69. The number of hydrogen-bond donors (Lipinski definition) is 0. The van der Waals surface area contributed by atoms with Crippen LogP contribution >= 0.6 is 0 Å². The Balaban J connectivity index is 1.89. The maximum atomic E-state index is 9.91. The normalized spacial score (nSPS) is 16.1. The Morgan fingerprint density at radius 1 is 1.08 bits per heavy atom. The standard InChI is InChI=1S/C23H24N2O/c1-26-18-11-9-17(10-12-18)21-15-23(25-13-5-2-6-14-25)22(16-24)20-8-4-3-7-19(20)21/h4,8-12,15H,2-3,5-7,13-14H2,1H3. The third kappa shape index (κ3) is 2.97. The number of allylic oxidation sites excluding steroid dienone is 1. The van der Waals surface area contributed by atoms with Gasteiger partial charge in [-0.15, -0.1) is 0 Å². The van der Waals surface area contributed by atoms with E-state index < -0.39 is 0 Å². The van der Waals surface area contributed by atoms with Crippen molar-refractivity contribution in [2.75, 3.05) is 25.1 Å². The minimum atomic E-state index is 0.843. The summed E-state index contributed by atoms with van der Waals surface area (Å²) < 4.78 is 5.31. The van der Waals surface area contributed by atoms with Gasteiger partial charge in [-0.1, -0.05) is 24.3 Å². The van der Waals surface area contributed by atoms with Crippen LogP contribution in [-0.2, 0) is 6.42 Å². The van der Waals surface area contributed by atoms with E-state index in [-0.39, 0.29) is 0 Å². The molecule has 4 rings (SSSR count). The summed E-state index contributed by atoms with van der Waals surface area (Å²) in [5.41, 5.74) is 6.81. The van der Waals surface area contributed by atoms with E-state index in [4.69, 9.17) is 4.74 Å². The van der Waals surface area contributed by atoms with Crippen LogP contribution in [0.5, 0.6) is 5.75 Å². The van der Waals surface area contributed by atoms with Crippen molar-refractivity contribution in [3.8, 4) is 22.9 Å². The predicted octanol–water partition coefficient (Wildman–Crippen LogP) is 5.18. The lowest BCUT2D eigenvalue weighted by molar-refractivity contribution is 0.415. The van der Waals surface area contributed by atoms with Crippen molar-refractivity contribution in [2.24, 2.45) is 0 Å².